The molecule has 1 aliphatic heterocycles. The van der Waals surface area contributed by atoms with Crippen molar-refractivity contribution in [3.63, 3.8) is 0 Å². The zero-order chi connectivity index (χ0) is 26.2. The van der Waals surface area contributed by atoms with Crippen molar-refractivity contribution in [3.8, 4) is 11.3 Å². The van der Waals surface area contributed by atoms with Crippen molar-refractivity contribution >= 4 is 28.2 Å². The van der Waals surface area contributed by atoms with Crippen LogP contribution in [0, 0.1) is 0 Å². The van der Waals surface area contributed by atoms with Crippen molar-refractivity contribution in [2.45, 2.75) is 24.9 Å². The Balaban J connectivity index is 1.53. The van der Waals surface area contributed by atoms with E-state index in [1.165, 1.54) is 18.2 Å². The van der Waals surface area contributed by atoms with E-state index < -0.39 is 17.7 Å². The van der Waals surface area contributed by atoms with E-state index in [1.54, 1.807) is 18.2 Å². The maximum absolute atomic E-state index is 13.8. The van der Waals surface area contributed by atoms with E-state index >= 15 is 0 Å². The molecule has 9 heteroatoms. The summed E-state index contributed by atoms with van der Waals surface area (Å²) in [5.74, 6) is -0.629. The van der Waals surface area contributed by atoms with Crippen molar-refractivity contribution in [1.82, 2.24) is 15.1 Å². The number of nitrogens with zero attached hydrogens (tertiary/aromatic N) is 3. The fraction of sp³-hybridized carbons (Fsp3) is 0.250. The Labute approximate surface area is 211 Å². The first-order valence-corrected chi connectivity index (χ1v) is 12.0. The number of carboxylic acid groups (broad SMARTS) is 1. The number of alkyl halides is 3. The van der Waals surface area contributed by atoms with Gasteiger partial charge < -0.3 is 15.3 Å². The van der Waals surface area contributed by atoms with Crippen LogP contribution in [0.3, 0.4) is 0 Å². The molecule has 0 aliphatic carbocycles. The molecule has 0 atom stereocenters. The Morgan fingerprint density at radius 3 is 2.30 bits per heavy atom. The number of rotatable bonds is 5. The van der Waals surface area contributed by atoms with E-state index in [9.17, 15) is 18.0 Å². The molecule has 0 amide bonds. The molecule has 0 spiro atoms. The van der Waals surface area contributed by atoms with Gasteiger partial charge in [-0.25, -0.2) is 4.79 Å². The largest absolute Gasteiger partial charge is 0.478 e. The zero-order valence-corrected chi connectivity index (χ0v) is 20.1. The quantitative estimate of drug-likeness (QED) is 0.319. The van der Waals surface area contributed by atoms with Crippen LogP contribution >= 0.6 is 0 Å². The third-order valence-corrected chi connectivity index (χ3v) is 6.83. The van der Waals surface area contributed by atoms with Crippen LogP contribution in [0.25, 0.3) is 22.0 Å². The smallest absolute Gasteiger partial charge is 0.416 e. The number of carbonyl (C=O) groups is 1. The monoisotopic (exact) mass is 506 g/mol. The van der Waals surface area contributed by atoms with Crippen molar-refractivity contribution in [3.05, 3.63) is 83.4 Å². The number of anilines is 2. The van der Waals surface area contributed by atoms with Crippen molar-refractivity contribution in [2.75, 3.05) is 25.5 Å². The number of halogens is 3. The summed E-state index contributed by atoms with van der Waals surface area (Å²) in [5, 5.41) is 22.4. The summed E-state index contributed by atoms with van der Waals surface area (Å²) in [6.45, 7) is 1.68. The molecule has 1 saturated heterocycles. The molecule has 2 N–H and O–H groups in total. The lowest BCUT2D eigenvalue weighted by Crippen LogP contribution is -2.29. The topological polar surface area (TPSA) is 78.3 Å². The highest BCUT2D eigenvalue weighted by Crippen LogP contribution is 2.38. The third kappa shape index (κ3) is 5.27. The van der Waals surface area contributed by atoms with Crippen molar-refractivity contribution in [1.29, 1.82) is 0 Å². The minimum absolute atomic E-state index is 0.0537. The van der Waals surface area contributed by atoms with Crippen molar-refractivity contribution < 1.29 is 23.1 Å². The standard InChI is InChI=1S/C28H25F3N4O2/c1-35-12-10-17(11-13-35)20-14-21(28(29,30)31)16-22(15-20)32-26-24-5-3-2-4-23(24)25(33-34-26)18-6-8-19(9-7-18)27(36)37/h2-9,14-17H,10-13H2,1H3,(H,32,34)(H,36,37). The molecule has 1 aliphatic rings. The van der Waals surface area contributed by atoms with Crippen LogP contribution in [-0.4, -0.2) is 46.3 Å². The number of piperidine rings is 1. The average molecular weight is 507 g/mol. The number of likely N-dealkylation sites (tertiary alicyclic amines) is 1. The SMILES string of the molecule is CN1CCC(c2cc(Nc3nnc(-c4ccc(C(=O)O)cc4)c4ccccc34)cc(C(F)(F)F)c2)CC1. The molecular weight excluding hydrogens is 481 g/mol. The molecule has 0 saturated carbocycles. The normalized spacial score (nSPS) is 15.1. The first kappa shape index (κ1) is 24.7. The van der Waals surface area contributed by atoms with Crippen LogP contribution in [-0.2, 0) is 6.18 Å². The second-order valence-corrected chi connectivity index (χ2v) is 9.37. The highest BCUT2D eigenvalue weighted by Gasteiger charge is 2.32. The van der Waals surface area contributed by atoms with E-state index in [1.807, 2.05) is 31.3 Å². The zero-order valence-electron chi connectivity index (χ0n) is 20.1. The van der Waals surface area contributed by atoms with Crippen LogP contribution in [0.5, 0.6) is 0 Å². The molecule has 37 heavy (non-hydrogen) atoms. The van der Waals surface area contributed by atoms with Gasteiger partial charge in [0.25, 0.3) is 0 Å². The maximum Gasteiger partial charge on any atom is 0.416 e. The fourth-order valence-electron chi connectivity index (χ4n) is 4.78. The second-order valence-electron chi connectivity index (χ2n) is 9.37. The summed E-state index contributed by atoms with van der Waals surface area (Å²) in [7, 11) is 2.02. The van der Waals surface area contributed by atoms with Gasteiger partial charge in [-0.15, -0.1) is 10.2 Å². The molecule has 2 heterocycles. The Hall–Kier alpha value is -3.98. The number of aromatic carboxylic acids is 1. The first-order valence-electron chi connectivity index (χ1n) is 12.0. The van der Waals surface area contributed by atoms with Gasteiger partial charge in [0.1, 0.15) is 5.69 Å². The number of hydrogen-bond acceptors (Lipinski definition) is 5. The van der Waals surface area contributed by atoms with Crippen LogP contribution in [0.1, 0.15) is 40.2 Å². The Morgan fingerprint density at radius 1 is 0.973 bits per heavy atom. The lowest BCUT2D eigenvalue weighted by molar-refractivity contribution is -0.137. The number of aromatic nitrogens is 2. The molecule has 190 valence electrons. The van der Waals surface area contributed by atoms with Crippen LogP contribution in [0.15, 0.2) is 66.7 Å². The number of hydrogen-bond donors (Lipinski definition) is 2. The van der Waals surface area contributed by atoms with Crippen LogP contribution in [0.4, 0.5) is 24.7 Å². The van der Waals surface area contributed by atoms with E-state index in [2.05, 4.69) is 20.4 Å². The molecule has 1 aromatic heterocycles. The number of benzene rings is 3. The summed E-state index contributed by atoms with van der Waals surface area (Å²) < 4.78 is 41.4. The summed E-state index contributed by atoms with van der Waals surface area (Å²) in [6, 6.07) is 17.8. The van der Waals surface area contributed by atoms with Gasteiger partial charge in [-0.1, -0.05) is 36.4 Å². The molecular formula is C28H25F3N4O2. The summed E-state index contributed by atoms with van der Waals surface area (Å²) >= 11 is 0. The number of fused-ring (bicyclic) bond motifs is 1. The molecule has 5 rings (SSSR count). The van der Waals surface area contributed by atoms with Gasteiger partial charge >= 0.3 is 12.1 Å². The Bertz CT molecular complexity index is 1450. The minimum atomic E-state index is -4.47. The predicted octanol–water partition coefficient (Wildman–Crippen LogP) is 6.57. The average Bonchev–Trinajstić information content (AvgIpc) is 2.89. The third-order valence-electron chi connectivity index (χ3n) is 6.83. The highest BCUT2D eigenvalue weighted by molar-refractivity contribution is 6.01. The highest BCUT2D eigenvalue weighted by atomic mass is 19.4. The molecule has 4 aromatic rings. The van der Waals surface area contributed by atoms with Gasteiger partial charge in [0.2, 0.25) is 0 Å². The molecule has 1 fully saturated rings. The van der Waals surface area contributed by atoms with Crippen LogP contribution < -0.4 is 5.32 Å². The predicted molar refractivity (Wildman–Crippen MR) is 136 cm³/mol. The van der Waals surface area contributed by atoms with Gasteiger partial charge in [0.05, 0.1) is 11.1 Å². The van der Waals surface area contributed by atoms with E-state index in [0.29, 0.717) is 33.7 Å². The number of carboxylic acids is 1. The van der Waals surface area contributed by atoms with Gasteiger partial charge in [-0.05, 0) is 74.8 Å². The lowest BCUT2D eigenvalue weighted by atomic mass is 9.88. The van der Waals surface area contributed by atoms with Crippen LogP contribution in [0.2, 0.25) is 0 Å². The first-order chi connectivity index (χ1) is 17.7. The Kier molecular flexibility index (Phi) is 6.55. The molecule has 0 radical (unpaired) electrons. The fourth-order valence-corrected chi connectivity index (χ4v) is 4.78. The summed E-state index contributed by atoms with van der Waals surface area (Å²) in [5.41, 5.74) is 1.67. The van der Waals surface area contributed by atoms with E-state index in [4.69, 9.17) is 5.11 Å². The van der Waals surface area contributed by atoms with Gasteiger partial charge in [0, 0.05) is 22.0 Å². The van der Waals surface area contributed by atoms with Gasteiger partial charge in [-0.3, -0.25) is 0 Å². The van der Waals surface area contributed by atoms with Gasteiger partial charge in [-0.2, -0.15) is 13.2 Å². The Morgan fingerprint density at radius 2 is 1.65 bits per heavy atom. The second kappa shape index (κ2) is 9.82. The number of nitrogens with one attached hydrogen (secondary N) is 1. The summed E-state index contributed by atoms with van der Waals surface area (Å²) in [6.07, 6.45) is -2.87. The lowest BCUT2D eigenvalue weighted by Gasteiger charge is -2.30. The summed E-state index contributed by atoms with van der Waals surface area (Å²) in [4.78, 5) is 13.4. The van der Waals surface area contributed by atoms with Crippen molar-refractivity contribution in [2.24, 2.45) is 0 Å². The molecule has 3 aromatic carbocycles. The van der Waals surface area contributed by atoms with E-state index in [0.717, 1.165) is 37.4 Å². The molecule has 6 nitrogen and oxygen atoms in total. The molecule has 0 bridgehead atoms. The molecule has 0 unspecified atom stereocenters. The maximum atomic E-state index is 13.8. The van der Waals surface area contributed by atoms with Gasteiger partial charge in [0.15, 0.2) is 5.82 Å². The van der Waals surface area contributed by atoms with E-state index in [-0.39, 0.29) is 11.5 Å². The minimum Gasteiger partial charge on any atom is -0.478 e.